The van der Waals surface area contributed by atoms with Crippen LogP contribution in [0.4, 0.5) is 8.78 Å². The summed E-state index contributed by atoms with van der Waals surface area (Å²) in [4.78, 5) is 0. The molecule has 2 rings (SSSR count). The van der Waals surface area contributed by atoms with Crippen LogP contribution < -0.4 is 10.1 Å². The van der Waals surface area contributed by atoms with E-state index in [2.05, 4.69) is 10.1 Å². The number of hydrogen-bond donors (Lipinski definition) is 1. The molecule has 90 valence electrons. The molecule has 1 aromatic rings. The second kappa shape index (κ2) is 5.11. The van der Waals surface area contributed by atoms with Crippen LogP contribution in [-0.2, 0) is 6.54 Å². The molecule has 1 fully saturated rings. The molecule has 1 aliphatic carbocycles. The first-order valence-corrected chi connectivity index (χ1v) is 5.41. The van der Waals surface area contributed by atoms with E-state index >= 15 is 0 Å². The van der Waals surface area contributed by atoms with E-state index < -0.39 is 17.4 Å². The average Bonchev–Trinajstić information content (AvgIpc) is 3.09. The Labute approximate surface area is 98.0 Å². The zero-order valence-electron chi connectivity index (χ0n) is 9.17. The number of ether oxygens (including phenoxy) is 1. The molecule has 0 atom stereocenters. The fourth-order valence-corrected chi connectivity index (χ4v) is 1.51. The highest BCUT2D eigenvalue weighted by Gasteiger charge is 2.20. The highest BCUT2D eigenvalue weighted by atomic mass is 19.1. The molecule has 3 nitrogen and oxygen atoms in total. The summed E-state index contributed by atoms with van der Waals surface area (Å²) in [5.74, 6) is -2.03. The van der Waals surface area contributed by atoms with Crippen LogP contribution >= 0.6 is 0 Å². The summed E-state index contributed by atoms with van der Waals surface area (Å²) in [7, 11) is 0. The first-order valence-electron chi connectivity index (χ1n) is 5.41. The number of nitrogens with zero attached hydrogens (tertiary/aromatic N) is 1. The van der Waals surface area contributed by atoms with Gasteiger partial charge in [0.15, 0.2) is 24.0 Å². The zero-order valence-corrected chi connectivity index (χ0v) is 9.17. The van der Waals surface area contributed by atoms with Crippen LogP contribution in [0.5, 0.6) is 5.75 Å². The van der Waals surface area contributed by atoms with E-state index in [1.807, 2.05) is 0 Å². The highest BCUT2D eigenvalue weighted by molar-refractivity contribution is 5.31. The molecule has 0 bridgehead atoms. The minimum atomic E-state index is -0.771. The van der Waals surface area contributed by atoms with Gasteiger partial charge in [-0.3, -0.25) is 0 Å². The molecule has 0 saturated heterocycles. The van der Waals surface area contributed by atoms with Gasteiger partial charge in [0.05, 0.1) is 0 Å². The summed E-state index contributed by atoms with van der Waals surface area (Å²) in [6, 6.07) is 4.60. The van der Waals surface area contributed by atoms with E-state index in [4.69, 9.17) is 5.26 Å². The van der Waals surface area contributed by atoms with Crippen molar-refractivity contribution in [2.24, 2.45) is 0 Å². The van der Waals surface area contributed by atoms with Crippen molar-refractivity contribution in [1.82, 2.24) is 5.32 Å². The third-order valence-electron chi connectivity index (χ3n) is 2.51. The third-order valence-corrected chi connectivity index (χ3v) is 2.51. The van der Waals surface area contributed by atoms with Gasteiger partial charge in [0.1, 0.15) is 6.07 Å². The van der Waals surface area contributed by atoms with Crippen molar-refractivity contribution >= 4 is 0 Å². The van der Waals surface area contributed by atoms with Crippen molar-refractivity contribution in [2.45, 2.75) is 25.4 Å². The van der Waals surface area contributed by atoms with Crippen LogP contribution in [0.15, 0.2) is 12.1 Å². The normalized spacial score (nSPS) is 14.4. The van der Waals surface area contributed by atoms with Crippen molar-refractivity contribution < 1.29 is 13.5 Å². The monoisotopic (exact) mass is 238 g/mol. The summed E-state index contributed by atoms with van der Waals surface area (Å²) < 4.78 is 31.6. The van der Waals surface area contributed by atoms with Crippen molar-refractivity contribution in [3.8, 4) is 11.8 Å². The maximum atomic E-state index is 13.5. The Morgan fingerprint density at radius 3 is 2.53 bits per heavy atom. The molecule has 1 aliphatic rings. The summed E-state index contributed by atoms with van der Waals surface area (Å²) in [5.41, 5.74) is 0.538. The van der Waals surface area contributed by atoms with Gasteiger partial charge < -0.3 is 10.1 Å². The minimum Gasteiger partial charge on any atom is -0.473 e. The molecule has 0 spiro atoms. The molecule has 1 saturated carbocycles. The number of benzene rings is 1. The van der Waals surface area contributed by atoms with Gasteiger partial charge in [0.2, 0.25) is 0 Å². The Morgan fingerprint density at radius 2 is 2.00 bits per heavy atom. The largest absolute Gasteiger partial charge is 0.473 e. The van der Waals surface area contributed by atoms with Crippen LogP contribution in [0.3, 0.4) is 0 Å². The Hall–Kier alpha value is -1.67. The minimum absolute atomic E-state index is 0.368. The standard InChI is InChI=1S/C12H12F2N2O/c13-10-5-8(7-16-9-1-2-9)6-11(14)12(10)17-4-3-15/h5-6,9,16H,1-2,4,7H2. The Bertz CT molecular complexity index is 429. The first-order chi connectivity index (χ1) is 8.20. The lowest BCUT2D eigenvalue weighted by atomic mass is 10.2. The summed E-state index contributed by atoms with van der Waals surface area (Å²) >= 11 is 0. The third kappa shape index (κ3) is 3.14. The van der Waals surface area contributed by atoms with Gasteiger partial charge >= 0.3 is 0 Å². The fraction of sp³-hybridized carbons (Fsp3) is 0.417. The van der Waals surface area contributed by atoms with Crippen LogP contribution in [0.2, 0.25) is 0 Å². The molecular weight excluding hydrogens is 226 g/mol. The predicted molar refractivity (Wildman–Crippen MR) is 57.3 cm³/mol. The summed E-state index contributed by atoms with van der Waals surface area (Å²) in [6.45, 7) is 0.0740. The maximum absolute atomic E-state index is 13.5. The zero-order chi connectivity index (χ0) is 12.3. The molecule has 0 heterocycles. The fourth-order valence-electron chi connectivity index (χ4n) is 1.51. The number of nitriles is 1. The van der Waals surface area contributed by atoms with E-state index in [-0.39, 0.29) is 6.61 Å². The van der Waals surface area contributed by atoms with E-state index in [0.717, 1.165) is 12.8 Å². The van der Waals surface area contributed by atoms with Gasteiger partial charge in [-0.05, 0) is 30.5 Å². The molecule has 5 heteroatoms. The lowest BCUT2D eigenvalue weighted by Gasteiger charge is -2.08. The number of hydrogen-bond acceptors (Lipinski definition) is 3. The smallest absolute Gasteiger partial charge is 0.192 e. The predicted octanol–water partition coefficient (Wildman–Crippen LogP) is 2.12. The van der Waals surface area contributed by atoms with Crippen LogP contribution in [0.25, 0.3) is 0 Å². The lowest BCUT2D eigenvalue weighted by molar-refractivity contribution is 0.324. The van der Waals surface area contributed by atoms with E-state index in [9.17, 15) is 8.78 Å². The SMILES string of the molecule is N#CCOc1c(F)cc(CNC2CC2)cc1F. The molecule has 0 aromatic heterocycles. The number of rotatable bonds is 5. The van der Waals surface area contributed by atoms with Gasteiger partial charge in [0.25, 0.3) is 0 Å². The molecular formula is C12H12F2N2O. The van der Waals surface area contributed by atoms with Gasteiger partial charge in [-0.15, -0.1) is 0 Å². The maximum Gasteiger partial charge on any atom is 0.192 e. The highest BCUT2D eigenvalue weighted by Crippen LogP contribution is 2.24. The van der Waals surface area contributed by atoms with E-state index in [1.165, 1.54) is 12.1 Å². The van der Waals surface area contributed by atoms with Crippen LogP contribution in [-0.4, -0.2) is 12.6 Å². The van der Waals surface area contributed by atoms with Crippen molar-refractivity contribution in [3.05, 3.63) is 29.3 Å². The number of nitrogens with one attached hydrogen (secondary N) is 1. The lowest BCUT2D eigenvalue weighted by Crippen LogP contribution is -2.15. The Morgan fingerprint density at radius 1 is 1.35 bits per heavy atom. The molecule has 0 unspecified atom stereocenters. The van der Waals surface area contributed by atoms with Crippen LogP contribution in [0.1, 0.15) is 18.4 Å². The van der Waals surface area contributed by atoms with Gasteiger partial charge in [-0.25, -0.2) is 8.78 Å². The molecule has 0 aliphatic heterocycles. The Balaban J connectivity index is 2.06. The first kappa shape index (κ1) is 11.8. The van der Waals surface area contributed by atoms with E-state index in [0.29, 0.717) is 18.2 Å². The molecule has 1 aromatic carbocycles. The Kier molecular flexibility index (Phi) is 3.55. The van der Waals surface area contributed by atoms with Gasteiger partial charge in [-0.1, -0.05) is 0 Å². The molecule has 17 heavy (non-hydrogen) atoms. The van der Waals surface area contributed by atoms with Gasteiger partial charge in [0, 0.05) is 12.6 Å². The quantitative estimate of drug-likeness (QED) is 0.854. The van der Waals surface area contributed by atoms with Crippen LogP contribution in [0, 0.1) is 23.0 Å². The van der Waals surface area contributed by atoms with E-state index in [1.54, 1.807) is 6.07 Å². The summed E-state index contributed by atoms with van der Waals surface area (Å²) in [6.07, 6.45) is 2.24. The van der Waals surface area contributed by atoms with Crippen molar-refractivity contribution in [3.63, 3.8) is 0 Å². The molecule has 0 amide bonds. The van der Waals surface area contributed by atoms with Crippen molar-refractivity contribution in [1.29, 1.82) is 5.26 Å². The van der Waals surface area contributed by atoms with Gasteiger partial charge in [-0.2, -0.15) is 5.26 Å². The summed E-state index contributed by atoms with van der Waals surface area (Å²) in [5, 5.41) is 11.4. The van der Waals surface area contributed by atoms with Crippen molar-refractivity contribution in [2.75, 3.05) is 6.61 Å². The average molecular weight is 238 g/mol. The second-order valence-corrected chi connectivity index (χ2v) is 3.99. The topological polar surface area (TPSA) is 45.0 Å². The molecule has 1 N–H and O–H groups in total. The molecule has 0 radical (unpaired) electrons. The number of halogens is 2. The second-order valence-electron chi connectivity index (χ2n) is 3.99.